The molecule has 1 spiro atoms. The van der Waals surface area contributed by atoms with Crippen LogP contribution in [0.2, 0.25) is 0 Å². The molecule has 1 aromatic rings. The molecule has 0 N–H and O–H groups in total. The van der Waals surface area contributed by atoms with Crippen molar-refractivity contribution in [3.8, 4) is 0 Å². The zero-order valence-corrected chi connectivity index (χ0v) is 17.7. The third-order valence-electron chi connectivity index (χ3n) is 6.73. The summed E-state index contributed by atoms with van der Waals surface area (Å²) < 4.78 is 0. The van der Waals surface area contributed by atoms with Gasteiger partial charge in [-0.25, -0.2) is 9.97 Å². The smallest absolute Gasteiger partial charge is 0.236 e. The molecular weight excluding hydrogens is 352 g/mol. The van der Waals surface area contributed by atoms with Gasteiger partial charge in [-0.3, -0.25) is 9.69 Å². The van der Waals surface area contributed by atoms with Gasteiger partial charge in [-0.05, 0) is 57.8 Å². The Morgan fingerprint density at radius 1 is 1.14 bits per heavy atom. The lowest BCUT2D eigenvalue weighted by atomic mass is 9.77. The van der Waals surface area contributed by atoms with Crippen LogP contribution in [0.4, 0.5) is 5.95 Å². The van der Waals surface area contributed by atoms with Crippen LogP contribution in [0.3, 0.4) is 0 Å². The van der Waals surface area contributed by atoms with Gasteiger partial charge in [0.05, 0.1) is 12.2 Å². The van der Waals surface area contributed by atoms with Crippen molar-refractivity contribution in [2.45, 2.75) is 37.5 Å². The standard InChI is InChI=1S/C21H34N6O/c1-24(2)20-22-14-17-6-8-21(19(17)23-20)7-4-11-27(16-21)18(28)15-26-10-5-9-25(3)12-13-26/h14H,4-13,15-16H2,1-3H3. The number of piperidine rings is 1. The number of carbonyl (C=O) groups excluding carboxylic acids is 1. The molecular formula is C21H34N6O. The Morgan fingerprint density at radius 2 is 2.00 bits per heavy atom. The molecule has 0 aromatic carbocycles. The van der Waals surface area contributed by atoms with E-state index in [4.69, 9.17) is 4.98 Å². The van der Waals surface area contributed by atoms with E-state index in [-0.39, 0.29) is 5.41 Å². The van der Waals surface area contributed by atoms with Crippen LogP contribution >= 0.6 is 0 Å². The van der Waals surface area contributed by atoms with Crippen molar-refractivity contribution in [3.63, 3.8) is 0 Å². The highest BCUT2D eigenvalue weighted by atomic mass is 16.2. The highest BCUT2D eigenvalue weighted by molar-refractivity contribution is 5.78. The second-order valence-electron chi connectivity index (χ2n) is 9.07. The molecule has 7 nitrogen and oxygen atoms in total. The molecule has 1 unspecified atom stereocenters. The Labute approximate surface area is 168 Å². The van der Waals surface area contributed by atoms with Gasteiger partial charge in [-0.2, -0.15) is 0 Å². The molecule has 4 rings (SSSR count). The van der Waals surface area contributed by atoms with Crippen LogP contribution in [-0.4, -0.2) is 97.5 Å². The van der Waals surface area contributed by atoms with Gasteiger partial charge in [0.1, 0.15) is 0 Å². The minimum atomic E-state index is 0.0238. The van der Waals surface area contributed by atoms with Gasteiger partial charge in [-0.15, -0.1) is 0 Å². The summed E-state index contributed by atoms with van der Waals surface area (Å²) in [6.07, 6.45) is 7.46. The number of carbonyl (C=O) groups is 1. The van der Waals surface area contributed by atoms with Gasteiger partial charge in [-0.1, -0.05) is 0 Å². The molecule has 1 aromatic heterocycles. The van der Waals surface area contributed by atoms with Gasteiger partial charge in [0.15, 0.2) is 0 Å². The average Bonchev–Trinajstić information content (AvgIpc) is 2.88. The number of likely N-dealkylation sites (tertiary alicyclic amines) is 1. The van der Waals surface area contributed by atoms with Crippen molar-refractivity contribution in [3.05, 3.63) is 17.5 Å². The largest absolute Gasteiger partial charge is 0.347 e. The topological polar surface area (TPSA) is 55.8 Å². The Kier molecular flexibility index (Phi) is 5.56. The molecule has 28 heavy (non-hydrogen) atoms. The van der Waals surface area contributed by atoms with Crippen molar-refractivity contribution in [1.82, 2.24) is 24.7 Å². The summed E-state index contributed by atoms with van der Waals surface area (Å²) in [4.78, 5) is 31.3. The quantitative estimate of drug-likeness (QED) is 0.772. The van der Waals surface area contributed by atoms with Crippen LogP contribution in [0.5, 0.6) is 0 Å². The molecule has 1 amide bonds. The molecule has 3 heterocycles. The molecule has 2 saturated heterocycles. The summed E-state index contributed by atoms with van der Waals surface area (Å²) >= 11 is 0. The SMILES string of the molecule is CN1CCCN(CC(=O)N2CCCC3(CCc4cnc(N(C)C)nc43)C2)CC1. The number of fused-ring (bicyclic) bond motifs is 2. The zero-order chi connectivity index (χ0) is 19.7. The lowest BCUT2D eigenvalue weighted by Crippen LogP contribution is -2.51. The number of aryl methyl sites for hydroxylation is 1. The molecule has 0 saturated carbocycles. The molecule has 2 aliphatic heterocycles. The third kappa shape index (κ3) is 3.87. The van der Waals surface area contributed by atoms with Gasteiger partial charge >= 0.3 is 0 Å². The van der Waals surface area contributed by atoms with Crippen LogP contribution in [0.25, 0.3) is 0 Å². The maximum Gasteiger partial charge on any atom is 0.236 e. The predicted molar refractivity (Wildman–Crippen MR) is 111 cm³/mol. The maximum atomic E-state index is 13.1. The zero-order valence-electron chi connectivity index (χ0n) is 17.7. The van der Waals surface area contributed by atoms with E-state index in [1.807, 2.05) is 25.2 Å². The fourth-order valence-corrected chi connectivity index (χ4v) is 5.04. The predicted octanol–water partition coefficient (Wildman–Crippen LogP) is 0.987. The fraction of sp³-hybridized carbons (Fsp3) is 0.762. The minimum absolute atomic E-state index is 0.0238. The van der Waals surface area contributed by atoms with Crippen molar-refractivity contribution in [1.29, 1.82) is 0 Å². The average molecular weight is 387 g/mol. The number of aromatic nitrogens is 2. The minimum Gasteiger partial charge on any atom is -0.347 e. The van der Waals surface area contributed by atoms with Crippen LogP contribution in [0.15, 0.2) is 6.20 Å². The van der Waals surface area contributed by atoms with Crippen LogP contribution in [-0.2, 0) is 16.6 Å². The van der Waals surface area contributed by atoms with E-state index in [0.717, 1.165) is 77.3 Å². The van der Waals surface area contributed by atoms with Crippen molar-refractivity contribution >= 4 is 11.9 Å². The first-order chi connectivity index (χ1) is 13.5. The second kappa shape index (κ2) is 7.95. The van der Waals surface area contributed by atoms with Gasteiger partial charge < -0.3 is 14.7 Å². The molecule has 1 atom stereocenters. The Bertz CT molecular complexity index is 719. The van der Waals surface area contributed by atoms with Crippen LogP contribution in [0.1, 0.15) is 36.9 Å². The lowest BCUT2D eigenvalue weighted by molar-refractivity contribution is -0.134. The number of hydrogen-bond acceptors (Lipinski definition) is 6. The Hall–Kier alpha value is -1.73. The monoisotopic (exact) mass is 386 g/mol. The molecule has 3 aliphatic rings. The number of nitrogens with zero attached hydrogens (tertiary/aromatic N) is 6. The number of hydrogen-bond donors (Lipinski definition) is 0. The summed E-state index contributed by atoms with van der Waals surface area (Å²) in [6, 6.07) is 0. The lowest BCUT2D eigenvalue weighted by Gasteiger charge is -2.41. The first kappa shape index (κ1) is 19.6. The molecule has 0 bridgehead atoms. The molecule has 1 aliphatic carbocycles. The van der Waals surface area contributed by atoms with Gasteiger partial charge in [0.25, 0.3) is 0 Å². The van der Waals surface area contributed by atoms with Gasteiger partial charge in [0.2, 0.25) is 11.9 Å². The van der Waals surface area contributed by atoms with Gasteiger partial charge in [0, 0.05) is 51.9 Å². The van der Waals surface area contributed by atoms with E-state index in [9.17, 15) is 4.79 Å². The van der Waals surface area contributed by atoms with E-state index >= 15 is 0 Å². The number of amides is 1. The second-order valence-corrected chi connectivity index (χ2v) is 9.07. The number of likely N-dealkylation sites (N-methyl/N-ethyl adjacent to an activating group) is 1. The molecule has 2 fully saturated rings. The number of rotatable bonds is 3. The highest BCUT2D eigenvalue weighted by Crippen LogP contribution is 2.44. The van der Waals surface area contributed by atoms with E-state index in [1.54, 1.807) is 0 Å². The van der Waals surface area contributed by atoms with E-state index in [1.165, 1.54) is 11.3 Å². The Morgan fingerprint density at radius 3 is 2.82 bits per heavy atom. The van der Waals surface area contributed by atoms with Crippen LogP contribution in [0, 0.1) is 0 Å². The summed E-state index contributed by atoms with van der Waals surface area (Å²) in [5.74, 6) is 1.07. The first-order valence-corrected chi connectivity index (χ1v) is 10.7. The summed E-state index contributed by atoms with van der Waals surface area (Å²) in [5.41, 5.74) is 2.49. The highest BCUT2D eigenvalue weighted by Gasteiger charge is 2.44. The van der Waals surface area contributed by atoms with Crippen molar-refractivity contribution in [2.24, 2.45) is 0 Å². The molecule has 0 radical (unpaired) electrons. The third-order valence-corrected chi connectivity index (χ3v) is 6.73. The summed E-state index contributed by atoms with van der Waals surface area (Å²) in [7, 11) is 6.14. The number of anilines is 1. The van der Waals surface area contributed by atoms with Crippen molar-refractivity contribution in [2.75, 3.05) is 71.9 Å². The normalized spacial score (nSPS) is 26.3. The van der Waals surface area contributed by atoms with Crippen LogP contribution < -0.4 is 4.90 Å². The summed E-state index contributed by atoms with van der Waals surface area (Å²) in [5, 5.41) is 0. The van der Waals surface area contributed by atoms with E-state index in [0.29, 0.717) is 12.5 Å². The summed E-state index contributed by atoms with van der Waals surface area (Å²) in [6.45, 7) is 6.45. The maximum absolute atomic E-state index is 13.1. The fourth-order valence-electron chi connectivity index (χ4n) is 5.04. The first-order valence-electron chi connectivity index (χ1n) is 10.7. The molecule has 7 heteroatoms. The van der Waals surface area contributed by atoms with E-state index in [2.05, 4.69) is 26.7 Å². The molecule has 154 valence electrons. The van der Waals surface area contributed by atoms with E-state index < -0.39 is 0 Å². The Balaban J connectivity index is 1.47. The van der Waals surface area contributed by atoms with Crippen molar-refractivity contribution < 1.29 is 4.79 Å².